The average molecular weight is 366 g/mol. The van der Waals surface area contributed by atoms with Gasteiger partial charge in [-0.2, -0.15) is 4.99 Å². The van der Waals surface area contributed by atoms with Crippen LogP contribution in [0.5, 0.6) is 0 Å². The lowest BCUT2D eigenvalue weighted by Gasteiger charge is -2.34. The van der Waals surface area contributed by atoms with Crippen molar-refractivity contribution in [3.05, 3.63) is 47.2 Å². The number of morpholine rings is 1. The Morgan fingerprint density at radius 3 is 2.70 bits per heavy atom. The van der Waals surface area contributed by atoms with Gasteiger partial charge in [-0.05, 0) is 11.1 Å². The zero-order chi connectivity index (χ0) is 18.2. The van der Waals surface area contributed by atoms with Gasteiger partial charge in [-0.3, -0.25) is 10.2 Å². The van der Waals surface area contributed by atoms with Crippen LogP contribution < -0.4 is 5.43 Å². The van der Waals surface area contributed by atoms with Crippen molar-refractivity contribution in [2.45, 2.75) is 13.0 Å². The third-order valence-electron chi connectivity index (χ3n) is 5.25. The third kappa shape index (κ3) is 3.16. The van der Waals surface area contributed by atoms with Gasteiger partial charge in [0.05, 0.1) is 31.9 Å². The molecule has 0 saturated carbocycles. The van der Waals surface area contributed by atoms with E-state index >= 15 is 0 Å². The summed E-state index contributed by atoms with van der Waals surface area (Å²) in [5.41, 5.74) is 6.56. The lowest BCUT2D eigenvalue weighted by molar-refractivity contribution is -0.131. The van der Waals surface area contributed by atoms with Crippen molar-refractivity contribution in [3.8, 4) is 0 Å². The highest BCUT2D eigenvalue weighted by Crippen LogP contribution is 2.27. The third-order valence-corrected chi connectivity index (χ3v) is 5.25. The van der Waals surface area contributed by atoms with Gasteiger partial charge in [0.25, 0.3) is 0 Å². The van der Waals surface area contributed by atoms with Gasteiger partial charge in [-0.1, -0.05) is 30.3 Å². The minimum Gasteiger partial charge on any atom is -0.378 e. The molecule has 8 heteroatoms. The van der Waals surface area contributed by atoms with Crippen LogP contribution in [-0.2, 0) is 16.1 Å². The standard InChI is InChI=1S/C19H22N6O2/c26-17-10-16-15(12-24(17)11-14-4-2-1-3-5-14)13-25-18(20-16)21-19(22-25)23-6-8-27-9-7-23/h1-5H,6-13H2,(H,20,21,22). The lowest BCUT2D eigenvalue weighted by atomic mass is 10.0. The van der Waals surface area contributed by atoms with E-state index in [0.29, 0.717) is 45.2 Å². The van der Waals surface area contributed by atoms with E-state index in [2.05, 4.69) is 32.4 Å². The second kappa shape index (κ2) is 6.70. The predicted molar refractivity (Wildman–Crippen MR) is 101 cm³/mol. The number of carbonyl (C=O) groups excluding carboxylic acids is 1. The number of hydrogen-bond donors (Lipinski definition) is 1. The highest BCUT2D eigenvalue weighted by molar-refractivity contribution is 6.01. The second-order valence-corrected chi connectivity index (χ2v) is 7.11. The zero-order valence-corrected chi connectivity index (χ0v) is 15.1. The average Bonchev–Trinajstić information content (AvgIpc) is 3.11. The normalized spacial score (nSPS) is 22.2. The molecule has 0 unspecified atom stereocenters. The summed E-state index contributed by atoms with van der Waals surface area (Å²) in [4.78, 5) is 26.0. The van der Waals surface area contributed by atoms with Crippen LogP contribution in [0.1, 0.15) is 12.0 Å². The van der Waals surface area contributed by atoms with Crippen LogP contribution in [0.15, 0.2) is 51.6 Å². The van der Waals surface area contributed by atoms with Crippen LogP contribution in [0.3, 0.4) is 0 Å². The van der Waals surface area contributed by atoms with E-state index in [4.69, 9.17) is 4.74 Å². The van der Waals surface area contributed by atoms with Crippen molar-refractivity contribution in [1.82, 2.24) is 20.2 Å². The highest BCUT2D eigenvalue weighted by atomic mass is 16.5. The van der Waals surface area contributed by atoms with E-state index in [-0.39, 0.29) is 5.91 Å². The number of nitrogens with zero attached hydrogens (tertiary/aromatic N) is 5. The number of rotatable bonds is 2. The van der Waals surface area contributed by atoms with Gasteiger partial charge in [0.2, 0.25) is 17.8 Å². The number of hydrazine groups is 1. The smallest absolute Gasteiger partial charge is 0.248 e. The Hall–Kier alpha value is -2.87. The summed E-state index contributed by atoms with van der Waals surface area (Å²) in [5.74, 6) is 1.60. The van der Waals surface area contributed by atoms with Crippen molar-refractivity contribution < 1.29 is 9.53 Å². The molecule has 1 N–H and O–H groups in total. The van der Waals surface area contributed by atoms with Gasteiger partial charge in [0.15, 0.2) is 0 Å². The van der Waals surface area contributed by atoms with E-state index in [1.54, 1.807) is 0 Å². The fourth-order valence-corrected chi connectivity index (χ4v) is 3.77. The fraction of sp³-hybridized carbons (Fsp3) is 0.421. The van der Waals surface area contributed by atoms with Crippen molar-refractivity contribution in [2.75, 3.05) is 39.4 Å². The molecule has 4 aliphatic rings. The molecule has 1 aromatic carbocycles. The molecule has 0 aliphatic carbocycles. The molecule has 8 nitrogen and oxygen atoms in total. The molecule has 27 heavy (non-hydrogen) atoms. The van der Waals surface area contributed by atoms with Crippen LogP contribution >= 0.6 is 0 Å². The topological polar surface area (TPSA) is 72.8 Å². The largest absolute Gasteiger partial charge is 0.378 e. The monoisotopic (exact) mass is 366 g/mol. The van der Waals surface area contributed by atoms with E-state index in [0.717, 1.165) is 30.3 Å². The molecule has 0 atom stereocenters. The first-order valence-corrected chi connectivity index (χ1v) is 9.33. The molecule has 1 aromatic rings. The van der Waals surface area contributed by atoms with Crippen LogP contribution in [0, 0.1) is 0 Å². The molecular weight excluding hydrogens is 344 g/mol. The summed E-state index contributed by atoms with van der Waals surface area (Å²) in [6.45, 7) is 5.02. The molecule has 0 spiro atoms. The van der Waals surface area contributed by atoms with Gasteiger partial charge in [-0.15, -0.1) is 0 Å². The molecule has 140 valence electrons. The van der Waals surface area contributed by atoms with Gasteiger partial charge in [0, 0.05) is 26.2 Å². The molecule has 5 rings (SSSR count). The Labute approximate surface area is 157 Å². The zero-order valence-electron chi connectivity index (χ0n) is 15.1. The minimum atomic E-state index is 0.124. The maximum Gasteiger partial charge on any atom is 0.248 e. The van der Waals surface area contributed by atoms with Crippen LogP contribution in [-0.4, -0.2) is 72.0 Å². The number of aliphatic imine (C=N–C) groups is 2. The molecule has 4 aliphatic heterocycles. The van der Waals surface area contributed by atoms with E-state index in [9.17, 15) is 4.79 Å². The molecular formula is C19H22N6O2. The minimum absolute atomic E-state index is 0.124. The Morgan fingerprint density at radius 1 is 1.07 bits per heavy atom. The predicted octanol–water partition coefficient (Wildman–Crippen LogP) is 0.551. The van der Waals surface area contributed by atoms with Crippen LogP contribution in [0.4, 0.5) is 0 Å². The lowest BCUT2D eigenvalue weighted by Crippen LogP contribution is -2.51. The molecule has 1 amide bonds. The molecule has 0 radical (unpaired) electrons. The number of amides is 1. The number of ether oxygens (including phenoxy) is 1. The maximum atomic E-state index is 12.6. The summed E-state index contributed by atoms with van der Waals surface area (Å²) in [6.07, 6.45) is 0.349. The first-order valence-electron chi connectivity index (χ1n) is 9.33. The van der Waals surface area contributed by atoms with E-state index in [1.165, 1.54) is 5.57 Å². The summed E-state index contributed by atoms with van der Waals surface area (Å²) >= 11 is 0. The number of fused-ring (bicyclic) bond motifs is 1. The van der Waals surface area contributed by atoms with E-state index < -0.39 is 0 Å². The van der Waals surface area contributed by atoms with Crippen LogP contribution in [0.25, 0.3) is 0 Å². The van der Waals surface area contributed by atoms with Crippen molar-refractivity contribution >= 4 is 17.8 Å². The molecule has 4 heterocycles. The molecule has 1 fully saturated rings. The number of carbonyl (C=O) groups is 1. The highest BCUT2D eigenvalue weighted by Gasteiger charge is 2.34. The van der Waals surface area contributed by atoms with Gasteiger partial charge in [0.1, 0.15) is 0 Å². The quantitative estimate of drug-likeness (QED) is 0.828. The van der Waals surface area contributed by atoms with Gasteiger partial charge in [-0.25, -0.2) is 10.0 Å². The SMILES string of the molecule is O=C1CC2=C(CN1Cc1ccccc1)CN1NC(N3CCOCC3)=NC1=N2. The van der Waals surface area contributed by atoms with Crippen molar-refractivity contribution in [3.63, 3.8) is 0 Å². The first-order chi connectivity index (χ1) is 13.3. The van der Waals surface area contributed by atoms with Gasteiger partial charge >= 0.3 is 0 Å². The maximum absolute atomic E-state index is 12.6. The fourth-order valence-electron chi connectivity index (χ4n) is 3.77. The number of nitrogens with one attached hydrogen (secondary N) is 1. The number of guanidine groups is 2. The van der Waals surface area contributed by atoms with Crippen molar-refractivity contribution in [2.24, 2.45) is 9.98 Å². The molecule has 0 bridgehead atoms. The Balaban J connectivity index is 1.32. The summed E-state index contributed by atoms with van der Waals surface area (Å²) < 4.78 is 5.41. The second-order valence-electron chi connectivity index (χ2n) is 7.11. The van der Waals surface area contributed by atoms with Crippen LogP contribution in [0.2, 0.25) is 0 Å². The van der Waals surface area contributed by atoms with E-state index in [1.807, 2.05) is 28.1 Å². The Morgan fingerprint density at radius 2 is 1.89 bits per heavy atom. The molecule has 1 saturated heterocycles. The van der Waals surface area contributed by atoms with Gasteiger partial charge < -0.3 is 14.5 Å². The first kappa shape index (κ1) is 16.3. The number of benzene rings is 1. The summed E-state index contributed by atoms with van der Waals surface area (Å²) in [6, 6.07) is 10.1. The Kier molecular flexibility index (Phi) is 4.05. The number of hydrogen-bond acceptors (Lipinski definition) is 7. The summed E-state index contributed by atoms with van der Waals surface area (Å²) in [5, 5.41) is 1.97. The Bertz CT molecular complexity index is 841. The van der Waals surface area contributed by atoms with Crippen molar-refractivity contribution in [1.29, 1.82) is 0 Å². The summed E-state index contributed by atoms with van der Waals surface area (Å²) in [7, 11) is 0. The molecule has 0 aromatic heterocycles.